The lowest BCUT2D eigenvalue weighted by Crippen LogP contribution is -2.39. The number of carbonyl (C=O) groups is 2. The van der Waals surface area contributed by atoms with Crippen LogP contribution < -0.4 is 5.32 Å². The van der Waals surface area contributed by atoms with Gasteiger partial charge in [0.1, 0.15) is 5.60 Å². The van der Waals surface area contributed by atoms with Gasteiger partial charge in [-0.25, -0.2) is 4.79 Å². The number of aromatic nitrogens is 2. The highest BCUT2D eigenvalue weighted by Crippen LogP contribution is 2.32. The molecule has 1 fully saturated rings. The minimum absolute atomic E-state index is 0.0163. The SMILES string of the molecule is Cc1ccc(C(=O)NC2CC2)cc1-c1ccc2c(C3=CCN(C(=O)OC(C)(C)C)CC3)nncc2c1. The molecule has 1 aliphatic carbocycles. The summed E-state index contributed by atoms with van der Waals surface area (Å²) >= 11 is 0. The van der Waals surface area contributed by atoms with Crippen LogP contribution in [0.15, 0.2) is 48.7 Å². The lowest BCUT2D eigenvalue weighted by molar-refractivity contribution is 0.0270. The summed E-state index contributed by atoms with van der Waals surface area (Å²) < 4.78 is 5.50. The minimum Gasteiger partial charge on any atom is -0.444 e. The zero-order chi connectivity index (χ0) is 25.4. The second-order valence-electron chi connectivity index (χ2n) is 10.7. The van der Waals surface area contributed by atoms with Crippen molar-refractivity contribution >= 4 is 28.3 Å². The van der Waals surface area contributed by atoms with E-state index in [0.29, 0.717) is 31.1 Å². The van der Waals surface area contributed by atoms with E-state index in [1.165, 1.54) is 0 Å². The number of nitrogens with zero attached hydrogens (tertiary/aromatic N) is 3. The molecule has 0 spiro atoms. The Morgan fingerprint density at radius 2 is 1.92 bits per heavy atom. The first kappa shape index (κ1) is 24.0. The largest absolute Gasteiger partial charge is 0.444 e. The molecule has 5 rings (SSSR count). The highest BCUT2D eigenvalue weighted by Gasteiger charge is 2.25. The Kier molecular flexibility index (Phi) is 6.24. The fourth-order valence-electron chi connectivity index (χ4n) is 4.44. The van der Waals surface area contributed by atoms with Crippen molar-refractivity contribution < 1.29 is 14.3 Å². The first-order valence-corrected chi connectivity index (χ1v) is 12.5. The molecule has 0 radical (unpaired) electrons. The first-order valence-electron chi connectivity index (χ1n) is 12.5. The molecule has 1 aromatic heterocycles. The van der Waals surface area contributed by atoms with Crippen molar-refractivity contribution in [2.45, 2.75) is 58.6 Å². The lowest BCUT2D eigenvalue weighted by Gasteiger charge is -2.29. The number of aryl methyl sites for hydroxylation is 1. The number of amides is 2. The third kappa shape index (κ3) is 5.25. The third-order valence-electron chi connectivity index (χ3n) is 6.55. The fraction of sp³-hybridized carbons (Fsp3) is 0.379. The van der Waals surface area contributed by atoms with E-state index >= 15 is 0 Å². The van der Waals surface area contributed by atoms with Gasteiger partial charge in [0.2, 0.25) is 0 Å². The van der Waals surface area contributed by atoms with Gasteiger partial charge in [-0.05, 0) is 87.4 Å². The number of rotatable bonds is 4. The highest BCUT2D eigenvalue weighted by molar-refractivity contribution is 5.98. The summed E-state index contributed by atoms with van der Waals surface area (Å²) in [7, 11) is 0. The fourth-order valence-corrected chi connectivity index (χ4v) is 4.44. The van der Waals surface area contributed by atoms with Gasteiger partial charge >= 0.3 is 6.09 Å². The number of ether oxygens (including phenoxy) is 1. The van der Waals surface area contributed by atoms with Crippen LogP contribution in [0.3, 0.4) is 0 Å². The quantitative estimate of drug-likeness (QED) is 0.527. The van der Waals surface area contributed by atoms with Gasteiger partial charge < -0.3 is 15.0 Å². The van der Waals surface area contributed by atoms with Crippen molar-refractivity contribution in [3.05, 3.63) is 65.5 Å². The van der Waals surface area contributed by atoms with Gasteiger partial charge in [-0.15, -0.1) is 0 Å². The molecule has 1 saturated carbocycles. The number of nitrogens with one attached hydrogen (secondary N) is 1. The van der Waals surface area contributed by atoms with Crippen molar-refractivity contribution in [1.82, 2.24) is 20.4 Å². The molecule has 2 amide bonds. The molecule has 7 nitrogen and oxygen atoms in total. The van der Waals surface area contributed by atoms with Crippen LogP contribution in [0.5, 0.6) is 0 Å². The van der Waals surface area contributed by atoms with Crippen LogP contribution in [-0.4, -0.2) is 51.8 Å². The Morgan fingerprint density at radius 1 is 1.11 bits per heavy atom. The van der Waals surface area contributed by atoms with Crippen molar-refractivity contribution in [2.75, 3.05) is 13.1 Å². The topological polar surface area (TPSA) is 84.4 Å². The van der Waals surface area contributed by atoms with Crippen LogP contribution in [0.1, 0.15) is 61.6 Å². The molecule has 0 saturated heterocycles. The van der Waals surface area contributed by atoms with Gasteiger partial charge in [0, 0.05) is 35.5 Å². The molecule has 0 atom stereocenters. The molecular weight excluding hydrogens is 452 g/mol. The molecule has 36 heavy (non-hydrogen) atoms. The zero-order valence-corrected chi connectivity index (χ0v) is 21.3. The van der Waals surface area contributed by atoms with E-state index in [9.17, 15) is 9.59 Å². The number of carbonyl (C=O) groups excluding carboxylic acids is 2. The molecule has 0 unspecified atom stereocenters. The molecule has 1 N–H and O–H groups in total. The van der Waals surface area contributed by atoms with Gasteiger partial charge in [-0.1, -0.05) is 24.3 Å². The Bertz CT molecular complexity index is 1370. The summed E-state index contributed by atoms with van der Waals surface area (Å²) in [4.78, 5) is 26.7. The van der Waals surface area contributed by atoms with Gasteiger partial charge in [0.25, 0.3) is 5.91 Å². The maximum Gasteiger partial charge on any atom is 0.410 e. The molecule has 186 valence electrons. The summed E-state index contributed by atoms with van der Waals surface area (Å²) in [5.74, 6) is -0.0163. The van der Waals surface area contributed by atoms with Gasteiger partial charge in [0.05, 0.1) is 11.9 Å². The third-order valence-corrected chi connectivity index (χ3v) is 6.55. The van der Waals surface area contributed by atoms with E-state index in [4.69, 9.17) is 4.74 Å². The van der Waals surface area contributed by atoms with Crippen molar-refractivity contribution in [1.29, 1.82) is 0 Å². The van der Waals surface area contributed by atoms with Crippen LogP contribution >= 0.6 is 0 Å². The maximum absolute atomic E-state index is 12.6. The molecule has 2 aromatic carbocycles. The number of hydrogen-bond donors (Lipinski definition) is 1. The molecular formula is C29H32N4O3. The van der Waals surface area contributed by atoms with E-state index < -0.39 is 5.60 Å². The van der Waals surface area contributed by atoms with Crippen molar-refractivity contribution in [2.24, 2.45) is 0 Å². The summed E-state index contributed by atoms with van der Waals surface area (Å²) in [6.45, 7) is 8.73. The summed E-state index contributed by atoms with van der Waals surface area (Å²) in [5.41, 5.74) is 5.26. The van der Waals surface area contributed by atoms with E-state index in [0.717, 1.165) is 51.6 Å². The molecule has 0 bridgehead atoms. The zero-order valence-electron chi connectivity index (χ0n) is 21.3. The average Bonchev–Trinajstić information content (AvgIpc) is 3.66. The normalized spacial score (nSPS) is 16.0. The Hall–Kier alpha value is -3.74. The molecule has 2 aliphatic rings. The number of benzene rings is 2. The van der Waals surface area contributed by atoms with Crippen molar-refractivity contribution in [3.63, 3.8) is 0 Å². The number of fused-ring (bicyclic) bond motifs is 1. The molecule has 1 aliphatic heterocycles. The van der Waals surface area contributed by atoms with Crippen LogP contribution in [0.4, 0.5) is 4.79 Å². The highest BCUT2D eigenvalue weighted by atomic mass is 16.6. The monoisotopic (exact) mass is 484 g/mol. The van der Waals surface area contributed by atoms with E-state index in [-0.39, 0.29) is 12.0 Å². The average molecular weight is 485 g/mol. The van der Waals surface area contributed by atoms with E-state index in [1.807, 2.05) is 45.0 Å². The Balaban J connectivity index is 1.40. The Morgan fingerprint density at radius 3 is 2.61 bits per heavy atom. The minimum atomic E-state index is -0.515. The molecule has 2 heterocycles. The van der Waals surface area contributed by atoms with E-state index in [1.54, 1.807) is 11.1 Å². The van der Waals surface area contributed by atoms with E-state index in [2.05, 4.69) is 40.6 Å². The lowest BCUT2D eigenvalue weighted by atomic mass is 9.94. The number of hydrogen-bond acceptors (Lipinski definition) is 5. The predicted molar refractivity (Wildman–Crippen MR) is 141 cm³/mol. The van der Waals surface area contributed by atoms with Crippen LogP contribution in [0.2, 0.25) is 0 Å². The summed E-state index contributed by atoms with van der Waals surface area (Å²) in [6, 6.07) is 12.4. The smallest absolute Gasteiger partial charge is 0.410 e. The Labute approximate surface area is 211 Å². The summed E-state index contributed by atoms with van der Waals surface area (Å²) in [6.07, 6.45) is 6.33. The second kappa shape index (κ2) is 9.37. The van der Waals surface area contributed by atoms with Crippen molar-refractivity contribution in [3.8, 4) is 11.1 Å². The predicted octanol–water partition coefficient (Wildman–Crippen LogP) is 5.52. The van der Waals surface area contributed by atoms with Gasteiger partial charge in [-0.3, -0.25) is 4.79 Å². The maximum atomic E-state index is 12.6. The summed E-state index contributed by atoms with van der Waals surface area (Å²) in [5, 5.41) is 13.8. The second-order valence-corrected chi connectivity index (χ2v) is 10.7. The van der Waals surface area contributed by atoms with Gasteiger partial charge in [-0.2, -0.15) is 10.2 Å². The van der Waals surface area contributed by atoms with Crippen LogP contribution in [-0.2, 0) is 4.74 Å². The first-order chi connectivity index (χ1) is 17.2. The molecule has 7 heteroatoms. The van der Waals surface area contributed by atoms with Crippen LogP contribution in [0.25, 0.3) is 27.5 Å². The van der Waals surface area contributed by atoms with Crippen LogP contribution in [0, 0.1) is 6.92 Å². The van der Waals surface area contributed by atoms with Gasteiger partial charge in [0.15, 0.2) is 0 Å². The standard InChI is InChI=1S/C29H32N4O3/c1-18-5-6-21(27(34)31-23-8-9-23)16-25(18)20-7-10-24-22(15-20)17-30-32-26(24)19-11-13-33(14-12-19)28(35)36-29(2,3)4/h5-7,10-11,15-17,23H,8-9,12-14H2,1-4H3,(H,31,34). The molecule has 3 aromatic rings.